The topological polar surface area (TPSA) is 49.6 Å². The summed E-state index contributed by atoms with van der Waals surface area (Å²) in [7, 11) is 0. The van der Waals surface area contributed by atoms with Crippen LogP contribution >= 0.6 is 0 Å². The van der Waals surface area contributed by atoms with Crippen molar-refractivity contribution >= 4 is 5.91 Å². The monoisotopic (exact) mass is 241 g/mol. The van der Waals surface area contributed by atoms with Crippen molar-refractivity contribution in [3.63, 3.8) is 0 Å². The molecule has 0 radical (unpaired) electrons. The van der Waals surface area contributed by atoms with Gasteiger partial charge in [0.25, 0.3) is 0 Å². The fourth-order valence-corrected chi connectivity index (χ4v) is 2.37. The molecule has 2 N–H and O–H groups in total. The van der Waals surface area contributed by atoms with Crippen LogP contribution in [0.1, 0.15) is 34.1 Å². The highest BCUT2D eigenvalue weighted by Gasteiger charge is 2.30. The van der Waals surface area contributed by atoms with Gasteiger partial charge in [-0.25, -0.2) is 0 Å². The molecule has 4 heteroatoms. The van der Waals surface area contributed by atoms with E-state index < -0.39 is 0 Å². The first-order valence-corrected chi connectivity index (χ1v) is 6.79. The lowest BCUT2D eigenvalue weighted by atomic mass is 9.98. The van der Waals surface area contributed by atoms with E-state index >= 15 is 0 Å². The Morgan fingerprint density at radius 1 is 1.41 bits per heavy atom. The first-order chi connectivity index (χ1) is 8.01. The third kappa shape index (κ3) is 3.42. The highest BCUT2D eigenvalue weighted by atomic mass is 16.2. The smallest absolute Gasteiger partial charge is 0.239 e. The summed E-state index contributed by atoms with van der Waals surface area (Å²) in [5.41, 5.74) is 6.01. The quantitative estimate of drug-likeness (QED) is 0.796. The molecule has 100 valence electrons. The van der Waals surface area contributed by atoms with Gasteiger partial charge in [-0.1, -0.05) is 27.2 Å². The van der Waals surface area contributed by atoms with Crippen LogP contribution in [0.5, 0.6) is 0 Å². The highest BCUT2D eigenvalue weighted by molar-refractivity contribution is 5.82. The van der Waals surface area contributed by atoms with Crippen molar-refractivity contribution in [2.24, 2.45) is 11.7 Å². The van der Waals surface area contributed by atoms with Crippen LogP contribution in [0.4, 0.5) is 0 Å². The fourth-order valence-electron chi connectivity index (χ4n) is 2.37. The van der Waals surface area contributed by atoms with Gasteiger partial charge in [0.15, 0.2) is 0 Å². The molecule has 0 aromatic heterocycles. The van der Waals surface area contributed by atoms with Crippen LogP contribution in [0.15, 0.2) is 0 Å². The normalized spacial score (nSPS) is 25.7. The van der Waals surface area contributed by atoms with E-state index in [2.05, 4.69) is 25.7 Å². The molecule has 1 saturated heterocycles. The van der Waals surface area contributed by atoms with Crippen LogP contribution in [0, 0.1) is 5.92 Å². The third-order valence-electron chi connectivity index (χ3n) is 4.03. The lowest BCUT2D eigenvalue weighted by Crippen LogP contribution is -2.57. The SMILES string of the molecule is CCC(C)[C@H](N)C(=O)N1CCN(CC)C(C)C1. The molecule has 0 aromatic carbocycles. The zero-order valence-corrected chi connectivity index (χ0v) is 11.6. The Bertz CT molecular complexity index is 257. The second-order valence-electron chi connectivity index (χ2n) is 5.17. The van der Waals surface area contributed by atoms with Crippen molar-refractivity contribution in [3.8, 4) is 0 Å². The Kier molecular flexibility index (Phi) is 5.40. The number of rotatable bonds is 4. The standard InChI is InChI=1S/C13H27N3O/c1-5-10(3)12(14)13(17)16-8-7-15(6-2)11(4)9-16/h10-12H,5-9,14H2,1-4H3/t10?,11?,12-/m0/s1. The van der Waals surface area contributed by atoms with E-state index in [0.717, 1.165) is 32.6 Å². The Hall–Kier alpha value is -0.610. The fraction of sp³-hybridized carbons (Fsp3) is 0.923. The molecule has 2 unspecified atom stereocenters. The molecule has 0 aliphatic carbocycles. The third-order valence-corrected chi connectivity index (χ3v) is 4.03. The van der Waals surface area contributed by atoms with Gasteiger partial charge < -0.3 is 10.6 Å². The minimum atomic E-state index is -0.333. The molecule has 1 heterocycles. The van der Waals surface area contributed by atoms with Crippen molar-refractivity contribution in [2.45, 2.75) is 46.2 Å². The minimum absolute atomic E-state index is 0.127. The van der Waals surface area contributed by atoms with Crippen LogP contribution in [0.3, 0.4) is 0 Å². The molecule has 1 fully saturated rings. The van der Waals surface area contributed by atoms with Crippen LogP contribution < -0.4 is 5.73 Å². The van der Waals surface area contributed by atoms with E-state index in [1.54, 1.807) is 0 Å². The summed E-state index contributed by atoms with van der Waals surface area (Å²) in [6, 6.07) is 0.113. The molecular formula is C13H27N3O. The van der Waals surface area contributed by atoms with E-state index in [0.29, 0.717) is 6.04 Å². The van der Waals surface area contributed by atoms with Crippen LogP contribution in [0.25, 0.3) is 0 Å². The molecule has 1 aliphatic heterocycles. The maximum atomic E-state index is 12.2. The maximum absolute atomic E-state index is 12.2. The number of carbonyl (C=O) groups is 1. The van der Waals surface area contributed by atoms with Crippen LogP contribution in [0.2, 0.25) is 0 Å². The summed E-state index contributed by atoms with van der Waals surface area (Å²) >= 11 is 0. The molecule has 1 rings (SSSR count). The maximum Gasteiger partial charge on any atom is 0.239 e. The minimum Gasteiger partial charge on any atom is -0.338 e. The van der Waals surface area contributed by atoms with Crippen molar-refractivity contribution in [1.82, 2.24) is 9.80 Å². The van der Waals surface area contributed by atoms with Crippen LogP contribution in [-0.4, -0.2) is 54.0 Å². The number of piperazine rings is 1. The molecule has 1 aliphatic rings. The number of hydrogen-bond donors (Lipinski definition) is 1. The van der Waals surface area contributed by atoms with Crippen molar-refractivity contribution in [3.05, 3.63) is 0 Å². The van der Waals surface area contributed by atoms with E-state index in [-0.39, 0.29) is 17.9 Å². The Morgan fingerprint density at radius 2 is 2.06 bits per heavy atom. The van der Waals surface area contributed by atoms with E-state index in [4.69, 9.17) is 5.73 Å². The average molecular weight is 241 g/mol. The second kappa shape index (κ2) is 6.36. The van der Waals surface area contributed by atoms with Gasteiger partial charge in [-0.15, -0.1) is 0 Å². The second-order valence-corrected chi connectivity index (χ2v) is 5.17. The lowest BCUT2D eigenvalue weighted by Gasteiger charge is -2.40. The number of carbonyl (C=O) groups excluding carboxylic acids is 1. The predicted octanol–water partition coefficient (Wildman–Crippen LogP) is 0.912. The Labute approximate surface area is 105 Å². The number of likely N-dealkylation sites (N-methyl/N-ethyl adjacent to an activating group) is 1. The van der Waals surface area contributed by atoms with Gasteiger partial charge in [-0.3, -0.25) is 9.69 Å². The van der Waals surface area contributed by atoms with Gasteiger partial charge in [-0.2, -0.15) is 0 Å². The summed E-state index contributed by atoms with van der Waals surface area (Å²) in [4.78, 5) is 16.6. The first kappa shape index (κ1) is 14.5. The van der Waals surface area contributed by atoms with E-state index in [9.17, 15) is 4.79 Å². The summed E-state index contributed by atoms with van der Waals surface area (Å²) < 4.78 is 0. The molecule has 4 nitrogen and oxygen atoms in total. The van der Waals surface area contributed by atoms with Crippen molar-refractivity contribution in [1.29, 1.82) is 0 Å². The summed E-state index contributed by atoms with van der Waals surface area (Å²) in [5.74, 6) is 0.393. The molecule has 0 saturated carbocycles. The summed E-state index contributed by atoms with van der Waals surface area (Å²) in [5, 5.41) is 0. The largest absolute Gasteiger partial charge is 0.338 e. The zero-order chi connectivity index (χ0) is 13.0. The van der Waals surface area contributed by atoms with Gasteiger partial charge in [0, 0.05) is 25.7 Å². The predicted molar refractivity (Wildman–Crippen MR) is 70.7 cm³/mol. The van der Waals surface area contributed by atoms with Gasteiger partial charge in [0.1, 0.15) is 0 Å². The molecule has 1 amide bonds. The van der Waals surface area contributed by atoms with Crippen LogP contribution in [-0.2, 0) is 4.79 Å². The molecule has 0 spiro atoms. The number of nitrogens with two attached hydrogens (primary N) is 1. The highest BCUT2D eigenvalue weighted by Crippen LogP contribution is 2.13. The molecular weight excluding hydrogens is 214 g/mol. The van der Waals surface area contributed by atoms with E-state index in [1.165, 1.54) is 0 Å². The van der Waals surface area contributed by atoms with Gasteiger partial charge in [0.05, 0.1) is 6.04 Å². The summed E-state index contributed by atoms with van der Waals surface area (Å²) in [6.07, 6.45) is 0.956. The zero-order valence-electron chi connectivity index (χ0n) is 11.6. The molecule has 17 heavy (non-hydrogen) atoms. The number of nitrogens with zero attached hydrogens (tertiary/aromatic N) is 2. The van der Waals surface area contributed by atoms with Gasteiger partial charge in [-0.05, 0) is 19.4 Å². The van der Waals surface area contributed by atoms with Crippen molar-refractivity contribution in [2.75, 3.05) is 26.2 Å². The van der Waals surface area contributed by atoms with E-state index in [1.807, 2.05) is 11.8 Å². The van der Waals surface area contributed by atoms with Crippen molar-refractivity contribution < 1.29 is 4.79 Å². The van der Waals surface area contributed by atoms with Gasteiger partial charge >= 0.3 is 0 Å². The summed E-state index contributed by atoms with van der Waals surface area (Å²) in [6.45, 7) is 12.1. The lowest BCUT2D eigenvalue weighted by molar-refractivity contribution is -0.136. The van der Waals surface area contributed by atoms with Gasteiger partial charge in [0.2, 0.25) is 5.91 Å². The Morgan fingerprint density at radius 3 is 2.53 bits per heavy atom. The molecule has 0 bridgehead atoms. The number of amides is 1. The molecule has 3 atom stereocenters. The number of hydrogen-bond acceptors (Lipinski definition) is 3. The average Bonchev–Trinajstić information content (AvgIpc) is 2.35. The molecule has 0 aromatic rings. The Balaban J connectivity index is 2.54. The first-order valence-electron chi connectivity index (χ1n) is 6.79.